The van der Waals surface area contributed by atoms with Gasteiger partial charge in [0, 0.05) is 24.3 Å². The van der Waals surface area contributed by atoms with Crippen molar-refractivity contribution < 1.29 is 29.6 Å². The van der Waals surface area contributed by atoms with Crippen LogP contribution in [0.3, 0.4) is 0 Å². The quantitative estimate of drug-likeness (QED) is 0.235. The molecule has 28 heavy (non-hydrogen) atoms. The van der Waals surface area contributed by atoms with Gasteiger partial charge in [0.2, 0.25) is 0 Å². The van der Waals surface area contributed by atoms with E-state index in [1.807, 2.05) is 6.08 Å². The lowest BCUT2D eigenvalue weighted by Gasteiger charge is -2.16. The van der Waals surface area contributed by atoms with E-state index in [-0.39, 0.29) is 18.8 Å². The van der Waals surface area contributed by atoms with Crippen LogP contribution in [-0.4, -0.2) is 46.6 Å². The van der Waals surface area contributed by atoms with E-state index in [1.165, 1.54) is 7.11 Å². The summed E-state index contributed by atoms with van der Waals surface area (Å²) in [5.74, 6) is -1.47. The first-order valence-corrected chi connectivity index (χ1v) is 10.5. The van der Waals surface area contributed by atoms with Gasteiger partial charge in [-0.1, -0.05) is 56.8 Å². The highest BCUT2D eigenvalue weighted by Gasteiger charge is 2.35. The van der Waals surface area contributed by atoms with Crippen LogP contribution in [0.1, 0.15) is 77.6 Å². The molecular weight excluding hydrogens is 360 g/mol. The van der Waals surface area contributed by atoms with Crippen molar-refractivity contribution in [1.82, 2.24) is 0 Å². The molecule has 1 aliphatic carbocycles. The van der Waals surface area contributed by atoms with Crippen LogP contribution in [-0.2, 0) is 14.3 Å². The van der Waals surface area contributed by atoms with Crippen molar-refractivity contribution in [2.75, 3.05) is 7.11 Å². The largest absolute Gasteiger partial charge is 0.481 e. The van der Waals surface area contributed by atoms with E-state index in [1.54, 1.807) is 6.08 Å². The van der Waals surface area contributed by atoms with Gasteiger partial charge in [0.05, 0.1) is 19.3 Å². The molecule has 6 heteroatoms. The Bertz CT molecular complexity index is 551. The Morgan fingerprint density at radius 1 is 1.18 bits per heavy atom. The SMILES string of the molecule is CCCCC[C@H](O)C=C[C@@H]1C(CCCCCCC(=O)O)=C(C(=O)OC)C[C@H]1O. The van der Waals surface area contributed by atoms with Gasteiger partial charge in [-0.25, -0.2) is 4.79 Å². The normalized spacial score (nSPS) is 20.7. The van der Waals surface area contributed by atoms with Crippen molar-refractivity contribution in [3.8, 4) is 0 Å². The highest BCUT2D eigenvalue weighted by molar-refractivity contribution is 5.90. The predicted molar refractivity (Wildman–Crippen MR) is 108 cm³/mol. The molecule has 1 rings (SSSR count). The fraction of sp³-hybridized carbons (Fsp3) is 0.727. The number of carboxylic acid groups (broad SMARTS) is 1. The van der Waals surface area contributed by atoms with Crippen molar-refractivity contribution in [1.29, 1.82) is 0 Å². The molecular formula is C22H36O6. The Morgan fingerprint density at radius 2 is 1.89 bits per heavy atom. The lowest BCUT2D eigenvalue weighted by molar-refractivity contribution is -0.137. The average molecular weight is 397 g/mol. The minimum atomic E-state index is -0.780. The van der Waals surface area contributed by atoms with E-state index < -0.39 is 24.1 Å². The fourth-order valence-electron chi connectivity index (χ4n) is 3.69. The molecule has 0 spiro atoms. The molecule has 3 N–H and O–H groups in total. The van der Waals surface area contributed by atoms with Crippen LogP contribution in [0.5, 0.6) is 0 Å². The third kappa shape index (κ3) is 8.57. The van der Waals surface area contributed by atoms with E-state index >= 15 is 0 Å². The summed E-state index contributed by atoms with van der Waals surface area (Å²) in [5, 5.41) is 29.3. The van der Waals surface area contributed by atoms with E-state index in [0.717, 1.165) is 44.1 Å². The number of rotatable bonds is 14. The van der Waals surface area contributed by atoms with Crippen molar-refractivity contribution in [2.45, 2.75) is 89.8 Å². The second-order valence-electron chi connectivity index (χ2n) is 7.55. The second kappa shape index (κ2) is 13.5. The number of carbonyl (C=O) groups excluding carboxylic acids is 1. The number of ether oxygens (including phenoxy) is 1. The van der Waals surface area contributed by atoms with E-state index in [4.69, 9.17) is 9.84 Å². The minimum Gasteiger partial charge on any atom is -0.481 e. The first-order valence-electron chi connectivity index (χ1n) is 10.5. The number of hydrogen-bond acceptors (Lipinski definition) is 5. The zero-order valence-corrected chi connectivity index (χ0v) is 17.2. The van der Waals surface area contributed by atoms with E-state index in [0.29, 0.717) is 24.8 Å². The summed E-state index contributed by atoms with van der Waals surface area (Å²) < 4.78 is 4.88. The smallest absolute Gasteiger partial charge is 0.333 e. The number of hydrogen-bond donors (Lipinski definition) is 3. The number of aliphatic hydroxyl groups excluding tert-OH is 2. The Labute approximate surface area is 168 Å². The van der Waals surface area contributed by atoms with Crippen LogP contribution in [0.25, 0.3) is 0 Å². The maximum atomic E-state index is 12.1. The molecule has 0 fully saturated rings. The highest BCUT2D eigenvalue weighted by atomic mass is 16.5. The van der Waals surface area contributed by atoms with Gasteiger partial charge in [0.15, 0.2) is 0 Å². The number of esters is 1. The molecule has 0 aliphatic heterocycles. The predicted octanol–water partition coefficient (Wildman–Crippen LogP) is 3.76. The highest BCUT2D eigenvalue weighted by Crippen LogP contribution is 2.37. The summed E-state index contributed by atoms with van der Waals surface area (Å²) >= 11 is 0. The van der Waals surface area contributed by atoms with Gasteiger partial charge in [0.25, 0.3) is 0 Å². The van der Waals surface area contributed by atoms with Crippen LogP contribution >= 0.6 is 0 Å². The van der Waals surface area contributed by atoms with Gasteiger partial charge < -0.3 is 20.1 Å². The molecule has 0 aromatic carbocycles. The summed E-state index contributed by atoms with van der Waals surface area (Å²) in [6.07, 6.45) is 10.4. The molecule has 0 unspecified atom stereocenters. The molecule has 160 valence electrons. The molecule has 6 nitrogen and oxygen atoms in total. The summed E-state index contributed by atoms with van der Waals surface area (Å²) in [6, 6.07) is 0. The zero-order chi connectivity index (χ0) is 20.9. The molecule has 0 amide bonds. The van der Waals surface area contributed by atoms with Crippen molar-refractivity contribution in [2.24, 2.45) is 5.92 Å². The Morgan fingerprint density at radius 3 is 2.54 bits per heavy atom. The summed E-state index contributed by atoms with van der Waals surface area (Å²) in [6.45, 7) is 2.12. The molecule has 0 saturated heterocycles. The van der Waals surface area contributed by atoms with Gasteiger partial charge in [-0.2, -0.15) is 0 Å². The first-order chi connectivity index (χ1) is 13.4. The zero-order valence-electron chi connectivity index (χ0n) is 17.2. The third-order valence-corrected chi connectivity index (χ3v) is 5.28. The van der Waals surface area contributed by atoms with Crippen molar-refractivity contribution >= 4 is 11.9 Å². The Kier molecular flexibility index (Phi) is 11.8. The van der Waals surface area contributed by atoms with Crippen LogP contribution < -0.4 is 0 Å². The lowest BCUT2D eigenvalue weighted by atomic mass is 9.92. The molecule has 0 heterocycles. The molecule has 0 radical (unpaired) electrons. The average Bonchev–Trinajstić information content (AvgIpc) is 2.97. The summed E-state index contributed by atoms with van der Waals surface area (Å²) in [4.78, 5) is 22.7. The number of unbranched alkanes of at least 4 members (excludes halogenated alkanes) is 5. The van der Waals surface area contributed by atoms with Gasteiger partial charge in [-0.3, -0.25) is 4.79 Å². The minimum absolute atomic E-state index is 0.177. The second-order valence-corrected chi connectivity index (χ2v) is 7.55. The van der Waals surface area contributed by atoms with Gasteiger partial charge in [-0.05, 0) is 25.7 Å². The molecule has 0 bridgehead atoms. The van der Waals surface area contributed by atoms with Gasteiger partial charge in [-0.15, -0.1) is 0 Å². The fourth-order valence-corrected chi connectivity index (χ4v) is 3.69. The number of carboxylic acids is 1. The standard InChI is InChI=1S/C22H36O6/c1-3-4-7-10-16(23)13-14-18-17(11-8-5-6-9-12-21(25)26)19(15-20(18)24)22(27)28-2/h13-14,16,18,20,23-24H,3-12,15H2,1-2H3,(H,25,26)/t16-,18+,20+/m0/s1. The topological polar surface area (TPSA) is 104 Å². The molecule has 0 saturated carbocycles. The van der Waals surface area contributed by atoms with E-state index in [2.05, 4.69) is 6.92 Å². The van der Waals surface area contributed by atoms with Crippen LogP contribution in [0.4, 0.5) is 0 Å². The monoisotopic (exact) mass is 396 g/mol. The van der Waals surface area contributed by atoms with Crippen LogP contribution in [0.15, 0.2) is 23.3 Å². The Hall–Kier alpha value is -1.66. The van der Waals surface area contributed by atoms with Crippen LogP contribution in [0.2, 0.25) is 0 Å². The van der Waals surface area contributed by atoms with Crippen molar-refractivity contribution in [3.63, 3.8) is 0 Å². The first kappa shape index (κ1) is 24.4. The van der Waals surface area contributed by atoms with E-state index in [9.17, 15) is 19.8 Å². The number of carbonyl (C=O) groups is 2. The molecule has 3 atom stereocenters. The maximum absolute atomic E-state index is 12.1. The van der Waals surface area contributed by atoms with Gasteiger partial charge in [0.1, 0.15) is 0 Å². The molecule has 0 aromatic heterocycles. The van der Waals surface area contributed by atoms with Crippen molar-refractivity contribution in [3.05, 3.63) is 23.3 Å². The van der Waals surface area contributed by atoms with Crippen LogP contribution in [0, 0.1) is 5.92 Å². The molecule has 1 aliphatic rings. The van der Waals surface area contributed by atoms with Gasteiger partial charge >= 0.3 is 11.9 Å². The number of aliphatic carboxylic acids is 1. The summed E-state index contributed by atoms with van der Waals surface area (Å²) in [7, 11) is 1.34. The lowest BCUT2D eigenvalue weighted by Crippen LogP contribution is -2.15. The molecule has 0 aromatic rings. The number of aliphatic hydroxyl groups is 2. The maximum Gasteiger partial charge on any atom is 0.333 e. The number of methoxy groups -OCH3 is 1. The summed E-state index contributed by atoms with van der Waals surface area (Å²) in [5.41, 5.74) is 1.42. The Balaban J connectivity index is 2.69. The third-order valence-electron chi connectivity index (χ3n) is 5.28.